The van der Waals surface area contributed by atoms with E-state index in [1.165, 1.54) is 11.3 Å². The number of benzene rings is 1. The van der Waals surface area contributed by atoms with Gasteiger partial charge < -0.3 is 11.1 Å². The number of nitrogens with one attached hydrogen (secondary N) is 1. The standard InChI is InChI=1S/C15H26N2/c1-12(16)8-7-11-17-14-10-6-5-9-13(14)15(2,3)4/h5-6,9-10,12,17H,7-8,11,16H2,1-4H3. The first kappa shape index (κ1) is 14.0. The zero-order valence-electron chi connectivity index (χ0n) is 11.6. The van der Waals surface area contributed by atoms with Gasteiger partial charge in [0.1, 0.15) is 0 Å². The Balaban J connectivity index is 2.59. The fourth-order valence-corrected chi connectivity index (χ4v) is 1.94. The van der Waals surface area contributed by atoms with Gasteiger partial charge in [-0.25, -0.2) is 0 Å². The molecule has 0 fully saturated rings. The highest BCUT2D eigenvalue weighted by Gasteiger charge is 2.16. The van der Waals surface area contributed by atoms with Crippen LogP contribution in [0.1, 0.15) is 46.1 Å². The molecule has 0 saturated carbocycles. The quantitative estimate of drug-likeness (QED) is 0.765. The summed E-state index contributed by atoms with van der Waals surface area (Å²) in [5, 5.41) is 3.52. The second-order valence-electron chi connectivity index (χ2n) is 5.84. The predicted molar refractivity (Wildman–Crippen MR) is 76.5 cm³/mol. The van der Waals surface area contributed by atoms with Crippen LogP contribution in [0, 0.1) is 0 Å². The summed E-state index contributed by atoms with van der Waals surface area (Å²) in [6.07, 6.45) is 2.20. The van der Waals surface area contributed by atoms with Crippen LogP contribution in [0.15, 0.2) is 24.3 Å². The maximum absolute atomic E-state index is 5.74. The highest BCUT2D eigenvalue weighted by molar-refractivity contribution is 5.54. The molecule has 3 N–H and O–H groups in total. The summed E-state index contributed by atoms with van der Waals surface area (Å²) in [6, 6.07) is 8.85. The largest absolute Gasteiger partial charge is 0.385 e. The van der Waals surface area contributed by atoms with Crippen LogP contribution in [0.25, 0.3) is 0 Å². The minimum absolute atomic E-state index is 0.185. The smallest absolute Gasteiger partial charge is 0.0378 e. The van der Waals surface area contributed by atoms with E-state index >= 15 is 0 Å². The summed E-state index contributed by atoms with van der Waals surface area (Å²) in [6.45, 7) is 9.79. The Morgan fingerprint density at radius 2 is 1.88 bits per heavy atom. The van der Waals surface area contributed by atoms with Crippen LogP contribution in [0.4, 0.5) is 5.69 Å². The van der Waals surface area contributed by atoms with E-state index in [-0.39, 0.29) is 5.41 Å². The van der Waals surface area contributed by atoms with E-state index in [9.17, 15) is 0 Å². The molecule has 0 radical (unpaired) electrons. The maximum atomic E-state index is 5.74. The third-order valence-electron chi connectivity index (χ3n) is 2.89. The van der Waals surface area contributed by atoms with Crippen molar-refractivity contribution in [2.75, 3.05) is 11.9 Å². The van der Waals surface area contributed by atoms with E-state index in [2.05, 4.69) is 57.3 Å². The molecule has 2 heteroatoms. The van der Waals surface area contributed by atoms with Crippen LogP contribution in [0.3, 0.4) is 0 Å². The van der Waals surface area contributed by atoms with E-state index in [0.717, 1.165) is 19.4 Å². The van der Waals surface area contributed by atoms with Crippen LogP contribution in [-0.4, -0.2) is 12.6 Å². The summed E-state index contributed by atoms with van der Waals surface area (Å²) in [7, 11) is 0. The SMILES string of the molecule is CC(N)CCCNc1ccccc1C(C)(C)C. The van der Waals surface area contributed by atoms with Gasteiger partial charge in [0.15, 0.2) is 0 Å². The summed E-state index contributed by atoms with van der Waals surface area (Å²) in [5.41, 5.74) is 8.56. The molecule has 0 spiro atoms. The average molecular weight is 234 g/mol. The molecular weight excluding hydrogens is 208 g/mol. The summed E-state index contributed by atoms with van der Waals surface area (Å²) in [5.74, 6) is 0. The van der Waals surface area contributed by atoms with Gasteiger partial charge in [-0.3, -0.25) is 0 Å². The third-order valence-corrected chi connectivity index (χ3v) is 2.89. The van der Waals surface area contributed by atoms with Crippen LogP contribution in [-0.2, 0) is 5.41 Å². The zero-order valence-corrected chi connectivity index (χ0v) is 11.6. The Bertz CT molecular complexity index is 337. The van der Waals surface area contributed by atoms with Gasteiger partial charge in [-0.1, -0.05) is 39.0 Å². The van der Waals surface area contributed by atoms with Crippen LogP contribution in [0.5, 0.6) is 0 Å². The Kier molecular flexibility index (Phi) is 5.01. The van der Waals surface area contributed by atoms with Crippen molar-refractivity contribution in [1.29, 1.82) is 0 Å². The van der Waals surface area contributed by atoms with Crippen molar-refractivity contribution in [3.63, 3.8) is 0 Å². The van der Waals surface area contributed by atoms with E-state index in [1.807, 2.05) is 0 Å². The number of anilines is 1. The Morgan fingerprint density at radius 1 is 1.24 bits per heavy atom. The van der Waals surface area contributed by atoms with Gasteiger partial charge >= 0.3 is 0 Å². The highest BCUT2D eigenvalue weighted by atomic mass is 14.9. The number of para-hydroxylation sites is 1. The molecule has 0 aromatic heterocycles. The van der Waals surface area contributed by atoms with Gasteiger partial charge in [-0.2, -0.15) is 0 Å². The molecule has 1 rings (SSSR count). The van der Waals surface area contributed by atoms with Crippen molar-refractivity contribution in [2.24, 2.45) is 5.73 Å². The summed E-state index contributed by atoms with van der Waals surface area (Å²) >= 11 is 0. The molecule has 17 heavy (non-hydrogen) atoms. The highest BCUT2D eigenvalue weighted by Crippen LogP contribution is 2.29. The number of hydrogen-bond acceptors (Lipinski definition) is 2. The van der Waals surface area contributed by atoms with E-state index in [0.29, 0.717) is 6.04 Å². The van der Waals surface area contributed by atoms with Crippen molar-refractivity contribution in [3.8, 4) is 0 Å². The zero-order chi connectivity index (χ0) is 12.9. The lowest BCUT2D eigenvalue weighted by molar-refractivity contribution is 0.590. The van der Waals surface area contributed by atoms with E-state index < -0.39 is 0 Å². The van der Waals surface area contributed by atoms with Crippen LogP contribution >= 0.6 is 0 Å². The number of hydrogen-bond donors (Lipinski definition) is 2. The first-order chi connectivity index (χ1) is 7.91. The fraction of sp³-hybridized carbons (Fsp3) is 0.600. The van der Waals surface area contributed by atoms with Gasteiger partial charge in [-0.05, 0) is 36.8 Å². The second-order valence-corrected chi connectivity index (χ2v) is 5.84. The summed E-state index contributed by atoms with van der Waals surface area (Å²) in [4.78, 5) is 0. The minimum atomic E-state index is 0.185. The van der Waals surface area contributed by atoms with Crippen molar-refractivity contribution in [3.05, 3.63) is 29.8 Å². The summed E-state index contributed by atoms with van der Waals surface area (Å²) < 4.78 is 0. The number of nitrogens with two attached hydrogens (primary N) is 1. The van der Waals surface area contributed by atoms with E-state index in [4.69, 9.17) is 5.73 Å². The minimum Gasteiger partial charge on any atom is -0.385 e. The monoisotopic (exact) mass is 234 g/mol. The molecule has 0 saturated heterocycles. The molecule has 1 aromatic carbocycles. The van der Waals surface area contributed by atoms with Gasteiger partial charge in [-0.15, -0.1) is 0 Å². The Hall–Kier alpha value is -1.02. The van der Waals surface area contributed by atoms with Gasteiger partial charge in [0.05, 0.1) is 0 Å². The molecule has 0 amide bonds. The molecule has 0 heterocycles. The molecule has 0 aliphatic heterocycles. The van der Waals surface area contributed by atoms with E-state index in [1.54, 1.807) is 0 Å². The van der Waals surface area contributed by atoms with Gasteiger partial charge in [0.2, 0.25) is 0 Å². The predicted octanol–water partition coefficient (Wildman–Crippen LogP) is 3.52. The van der Waals surface area contributed by atoms with Gasteiger partial charge in [0, 0.05) is 18.3 Å². The molecule has 1 aromatic rings. The molecule has 0 bridgehead atoms. The van der Waals surface area contributed by atoms with Crippen LogP contribution in [0.2, 0.25) is 0 Å². The van der Waals surface area contributed by atoms with Crippen molar-refractivity contribution < 1.29 is 0 Å². The third kappa shape index (κ3) is 4.78. The van der Waals surface area contributed by atoms with Crippen molar-refractivity contribution in [2.45, 2.75) is 52.0 Å². The first-order valence-corrected chi connectivity index (χ1v) is 6.50. The Morgan fingerprint density at radius 3 is 2.47 bits per heavy atom. The topological polar surface area (TPSA) is 38.0 Å². The lowest BCUT2D eigenvalue weighted by atomic mass is 9.86. The molecule has 96 valence electrons. The maximum Gasteiger partial charge on any atom is 0.0378 e. The molecule has 1 atom stereocenters. The lowest BCUT2D eigenvalue weighted by Crippen LogP contribution is -2.18. The Labute approximate surface area is 106 Å². The molecule has 1 unspecified atom stereocenters. The molecule has 0 aliphatic rings. The average Bonchev–Trinajstić information content (AvgIpc) is 2.23. The molecule has 2 nitrogen and oxygen atoms in total. The van der Waals surface area contributed by atoms with Crippen LogP contribution < -0.4 is 11.1 Å². The number of rotatable bonds is 5. The second kappa shape index (κ2) is 6.06. The van der Waals surface area contributed by atoms with Crippen molar-refractivity contribution >= 4 is 5.69 Å². The molecule has 0 aliphatic carbocycles. The fourth-order valence-electron chi connectivity index (χ4n) is 1.94. The lowest BCUT2D eigenvalue weighted by Gasteiger charge is -2.23. The normalized spacial score (nSPS) is 13.5. The molecular formula is C15H26N2. The first-order valence-electron chi connectivity index (χ1n) is 6.50. The van der Waals surface area contributed by atoms with Crippen molar-refractivity contribution in [1.82, 2.24) is 0 Å². The van der Waals surface area contributed by atoms with Gasteiger partial charge in [0.25, 0.3) is 0 Å².